The van der Waals surface area contributed by atoms with Gasteiger partial charge in [-0.15, -0.1) is 0 Å². The lowest BCUT2D eigenvalue weighted by Crippen LogP contribution is -2.01. The summed E-state index contributed by atoms with van der Waals surface area (Å²) in [6.45, 7) is 3.14. The predicted octanol–water partition coefficient (Wildman–Crippen LogP) is 2.40. The average Bonchev–Trinajstić information content (AvgIpc) is 2.22. The van der Waals surface area contributed by atoms with Crippen molar-refractivity contribution in [1.29, 1.82) is 0 Å². The molecule has 1 rings (SSSR count). The third kappa shape index (κ3) is 24.5. The molecule has 0 aromatic rings. The van der Waals surface area contributed by atoms with Gasteiger partial charge < -0.3 is 10.6 Å². The summed E-state index contributed by atoms with van der Waals surface area (Å²) in [5.74, 6) is 0. The Balaban J connectivity index is 0. The molecule has 0 bridgehead atoms. The van der Waals surface area contributed by atoms with Crippen molar-refractivity contribution < 1.29 is 0 Å². The maximum atomic E-state index is 2.93. The molecule has 1 aliphatic rings. The smallest absolute Gasteiger partial charge is 0.00804 e. The Morgan fingerprint density at radius 2 is 0.923 bits per heavy atom. The summed E-state index contributed by atoms with van der Waals surface area (Å²) in [6.07, 6.45) is 9.00. The van der Waals surface area contributed by atoms with Crippen LogP contribution in [0.4, 0.5) is 0 Å². The average molecular weight is 188 g/mol. The molecule has 1 aliphatic carbocycles. The van der Waals surface area contributed by atoms with Gasteiger partial charge in [0.15, 0.2) is 0 Å². The molecule has 13 heavy (non-hydrogen) atoms. The number of rotatable bonds is 1. The molecule has 0 unspecified atom stereocenters. The van der Waals surface area contributed by atoms with E-state index in [1.807, 2.05) is 21.1 Å². The lowest BCUT2D eigenvalue weighted by atomic mass is 10.0. The van der Waals surface area contributed by atoms with Crippen LogP contribution < -0.4 is 10.6 Å². The summed E-state index contributed by atoms with van der Waals surface area (Å²) >= 11 is 0. The van der Waals surface area contributed by atoms with E-state index >= 15 is 0 Å². The molecular formula is C11H28N2. The Bertz CT molecular complexity index is 47.6. The first-order valence-corrected chi connectivity index (χ1v) is 5.56. The van der Waals surface area contributed by atoms with E-state index in [2.05, 4.69) is 17.6 Å². The number of hydrogen-bond acceptors (Lipinski definition) is 2. The summed E-state index contributed by atoms with van der Waals surface area (Å²) < 4.78 is 0. The van der Waals surface area contributed by atoms with Crippen molar-refractivity contribution in [3.63, 3.8) is 0 Å². The van der Waals surface area contributed by atoms with E-state index in [0.29, 0.717) is 0 Å². The van der Waals surface area contributed by atoms with Gasteiger partial charge >= 0.3 is 0 Å². The van der Waals surface area contributed by atoms with Gasteiger partial charge in [0.1, 0.15) is 0 Å². The zero-order valence-electron chi connectivity index (χ0n) is 9.95. The monoisotopic (exact) mass is 188 g/mol. The molecule has 0 aromatic heterocycles. The van der Waals surface area contributed by atoms with Gasteiger partial charge in [0.25, 0.3) is 0 Å². The van der Waals surface area contributed by atoms with Crippen LogP contribution in [-0.4, -0.2) is 27.7 Å². The first-order valence-electron chi connectivity index (χ1n) is 5.56. The molecule has 2 heteroatoms. The largest absolute Gasteiger partial charge is 0.323 e. The zero-order valence-corrected chi connectivity index (χ0v) is 9.95. The third-order valence-electron chi connectivity index (χ3n) is 1.85. The van der Waals surface area contributed by atoms with Crippen molar-refractivity contribution in [3.8, 4) is 0 Å². The summed E-state index contributed by atoms with van der Waals surface area (Å²) in [6, 6.07) is 0. The Kier molecular flexibility index (Phi) is 21.2. The van der Waals surface area contributed by atoms with Crippen molar-refractivity contribution >= 4 is 0 Å². The highest BCUT2D eigenvalue weighted by atomic mass is 14.8. The van der Waals surface area contributed by atoms with E-state index in [4.69, 9.17) is 0 Å². The van der Waals surface area contributed by atoms with Gasteiger partial charge in [-0.2, -0.15) is 0 Å². The normalized spacial score (nSPS) is 14.8. The molecule has 0 spiro atoms. The van der Waals surface area contributed by atoms with E-state index in [9.17, 15) is 0 Å². The van der Waals surface area contributed by atoms with Crippen molar-refractivity contribution in [2.75, 3.05) is 27.7 Å². The second-order valence-electron chi connectivity index (χ2n) is 3.33. The summed E-state index contributed by atoms with van der Waals surface area (Å²) in [7, 11) is 5.68. The van der Waals surface area contributed by atoms with Crippen LogP contribution in [0.3, 0.4) is 0 Å². The van der Waals surface area contributed by atoms with Gasteiger partial charge in [-0.05, 0) is 27.7 Å². The molecule has 0 atom stereocenters. The number of nitrogens with one attached hydrogen (secondary N) is 2. The quantitative estimate of drug-likeness (QED) is 0.660. The van der Waals surface area contributed by atoms with Crippen LogP contribution in [0, 0.1) is 0 Å². The van der Waals surface area contributed by atoms with E-state index < -0.39 is 0 Å². The van der Waals surface area contributed by atoms with E-state index in [-0.39, 0.29) is 0 Å². The molecule has 1 fully saturated rings. The second kappa shape index (κ2) is 17.9. The van der Waals surface area contributed by atoms with Crippen molar-refractivity contribution in [1.82, 2.24) is 10.6 Å². The Morgan fingerprint density at radius 3 is 1.00 bits per heavy atom. The first-order chi connectivity index (χ1) is 6.33. The van der Waals surface area contributed by atoms with E-state index in [1.165, 1.54) is 38.5 Å². The minimum absolute atomic E-state index is 1.07. The molecule has 0 aromatic carbocycles. The molecule has 0 radical (unpaired) electrons. The fourth-order valence-electron chi connectivity index (χ4n) is 1.06. The molecule has 0 saturated heterocycles. The highest BCUT2D eigenvalue weighted by Gasteiger charge is 1.95. The minimum Gasteiger partial charge on any atom is -0.323 e. The standard InChI is InChI=1S/C6H12.C3H9N.C2H7N/c1-2-4-6-5-3-1;1-3-4-2;1-3-2/h1-6H2;4H,3H2,1-2H3;3H,1-2H3. The van der Waals surface area contributed by atoms with Crippen LogP contribution in [0.15, 0.2) is 0 Å². The highest BCUT2D eigenvalue weighted by molar-refractivity contribution is 4.51. The lowest BCUT2D eigenvalue weighted by Gasteiger charge is -2.05. The topological polar surface area (TPSA) is 24.1 Å². The molecule has 2 nitrogen and oxygen atoms in total. The maximum absolute atomic E-state index is 2.93. The maximum Gasteiger partial charge on any atom is -0.00804 e. The molecule has 0 aliphatic heterocycles. The van der Waals surface area contributed by atoms with Gasteiger partial charge in [-0.25, -0.2) is 0 Å². The van der Waals surface area contributed by atoms with Crippen LogP contribution in [0.25, 0.3) is 0 Å². The van der Waals surface area contributed by atoms with Crippen LogP contribution in [0.5, 0.6) is 0 Å². The van der Waals surface area contributed by atoms with Gasteiger partial charge in [-0.3, -0.25) is 0 Å². The van der Waals surface area contributed by atoms with Gasteiger partial charge in [-0.1, -0.05) is 45.4 Å². The molecule has 0 heterocycles. The molecule has 1 saturated carbocycles. The molecule has 0 amide bonds. The third-order valence-corrected chi connectivity index (χ3v) is 1.85. The van der Waals surface area contributed by atoms with Crippen LogP contribution in [0.2, 0.25) is 0 Å². The second-order valence-corrected chi connectivity index (χ2v) is 3.33. The minimum atomic E-state index is 1.07. The Hall–Kier alpha value is -0.0800. The van der Waals surface area contributed by atoms with Gasteiger partial charge in [0, 0.05) is 0 Å². The fraction of sp³-hybridized carbons (Fsp3) is 1.00. The lowest BCUT2D eigenvalue weighted by molar-refractivity contribution is 0.504. The summed E-state index contributed by atoms with van der Waals surface area (Å²) in [5.41, 5.74) is 0. The predicted molar refractivity (Wildman–Crippen MR) is 62.3 cm³/mol. The van der Waals surface area contributed by atoms with E-state index in [0.717, 1.165) is 6.54 Å². The molecule has 2 N–H and O–H groups in total. The first kappa shape index (κ1) is 15.4. The molecular weight excluding hydrogens is 160 g/mol. The highest BCUT2D eigenvalue weighted by Crippen LogP contribution is 2.15. The van der Waals surface area contributed by atoms with Gasteiger partial charge in [0.05, 0.1) is 0 Å². The van der Waals surface area contributed by atoms with Crippen molar-refractivity contribution in [2.24, 2.45) is 0 Å². The van der Waals surface area contributed by atoms with Crippen LogP contribution >= 0.6 is 0 Å². The van der Waals surface area contributed by atoms with Crippen molar-refractivity contribution in [2.45, 2.75) is 45.4 Å². The number of hydrogen-bond donors (Lipinski definition) is 2. The summed E-state index contributed by atoms with van der Waals surface area (Å²) in [4.78, 5) is 0. The van der Waals surface area contributed by atoms with Crippen LogP contribution in [-0.2, 0) is 0 Å². The fourth-order valence-corrected chi connectivity index (χ4v) is 1.06. The van der Waals surface area contributed by atoms with Gasteiger partial charge in [0.2, 0.25) is 0 Å². The van der Waals surface area contributed by atoms with E-state index in [1.54, 1.807) is 0 Å². The molecule has 82 valence electrons. The Labute approximate surface area is 84.5 Å². The van der Waals surface area contributed by atoms with Crippen LogP contribution in [0.1, 0.15) is 45.4 Å². The SMILES string of the molecule is C1CCCCC1.CCNC.CNC. The Morgan fingerprint density at radius 1 is 0.769 bits per heavy atom. The zero-order chi connectivity index (χ0) is 10.4. The van der Waals surface area contributed by atoms with Crippen molar-refractivity contribution in [3.05, 3.63) is 0 Å². The summed E-state index contributed by atoms with van der Waals surface area (Å²) in [5, 5.41) is 5.68.